The fraction of sp³-hybridized carbons (Fsp3) is 0.824. The molecule has 0 spiro atoms. The highest BCUT2D eigenvalue weighted by molar-refractivity contribution is 5.76. The summed E-state index contributed by atoms with van der Waals surface area (Å²) in [5, 5.41) is 23.0. The van der Waals surface area contributed by atoms with Gasteiger partial charge in [-0.3, -0.25) is 4.79 Å². The van der Waals surface area contributed by atoms with Crippen molar-refractivity contribution < 1.29 is 15.0 Å². The normalized spacial score (nSPS) is 13.3. The minimum Gasteiger partial charge on any atom is -0.394 e. The molecular weight excluding hydrogens is 675 g/mol. The Balaban J connectivity index is 3.60. The SMILES string of the molecule is CCCCCCCCCCC/C=C\C/C=C\CCCCCCCCCC(=O)NC(CO)C(O)/C=C/CC/C=C/CCCCCCCCCCCCCCCC. The molecule has 3 N–H and O–H groups in total. The molecule has 0 saturated carbocycles. The molecule has 0 heterocycles. The van der Waals surface area contributed by atoms with Gasteiger partial charge in [0, 0.05) is 6.42 Å². The second-order valence-electron chi connectivity index (χ2n) is 16.5. The van der Waals surface area contributed by atoms with Gasteiger partial charge in [-0.25, -0.2) is 0 Å². The predicted molar refractivity (Wildman–Crippen MR) is 244 cm³/mol. The molecule has 0 aliphatic rings. The summed E-state index contributed by atoms with van der Waals surface area (Å²) in [4.78, 5) is 12.4. The summed E-state index contributed by atoms with van der Waals surface area (Å²) in [6.07, 6.45) is 63.8. The number of carbonyl (C=O) groups excluding carboxylic acids is 1. The molecule has 55 heavy (non-hydrogen) atoms. The maximum Gasteiger partial charge on any atom is 0.220 e. The molecular formula is C51H95NO3. The number of aliphatic hydroxyl groups excluding tert-OH is 2. The molecule has 0 aromatic rings. The largest absolute Gasteiger partial charge is 0.394 e. The lowest BCUT2D eigenvalue weighted by atomic mass is 10.0. The molecule has 4 nitrogen and oxygen atoms in total. The van der Waals surface area contributed by atoms with Crippen molar-refractivity contribution in [3.8, 4) is 0 Å². The molecule has 0 rings (SSSR count). The molecule has 322 valence electrons. The number of hydrogen-bond acceptors (Lipinski definition) is 3. The fourth-order valence-corrected chi connectivity index (χ4v) is 7.28. The molecule has 0 fully saturated rings. The summed E-state index contributed by atoms with van der Waals surface area (Å²) in [6, 6.07) is -0.644. The lowest BCUT2D eigenvalue weighted by molar-refractivity contribution is -0.123. The van der Waals surface area contributed by atoms with Crippen molar-refractivity contribution in [2.45, 2.75) is 264 Å². The Labute approximate surface area is 344 Å². The third kappa shape index (κ3) is 43.3. The first-order valence-electron chi connectivity index (χ1n) is 24.4. The lowest BCUT2D eigenvalue weighted by Crippen LogP contribution is -2.45. The highest BCUT2D eigenvalue weighted by Gasteiger charge is 2.17. The van der Waals surface area contributed by atoms with Gasteiger partial charge in [0.15, 0.2) is 0 Å². The monoisotopic (exact) mass is 770 g/mol. The summed E-state index contributed by atoms with van der Waals surface area (Å²) >= 11 is 0. The van der Waals surface area contributed by atoms with Gasteiger partial charge in [0.05, 0.1) is 18.8 Å². The van der Waals surface area contributed by atoms with E-state index < -0.39 is 12.1 Å². The number of aliphatic hydroxyl groups is 2. The van der Waals surface area contributed by atoms with Crippen LogP contribution >= 0.6 is 0 Å². The Bertz CT molecular complexity index is 877. The number of hydrogen-bond donors (Lipinski definition) is 3. The third-order valence-corrected chi connectivity index (χ3v) is 11.0. The van der Waals surface area contributed by atoms with Crippen molar-refractivity contribution >= 4 is 5.91 Å². The number of allylic oxidation sites excluding steroid dienone is 7. The number of carbonyl (C=O) groups is 1. The second-order valence-corrected chi connectivity index (χ2v) is 16.5. The Morgan fingerprint density at radius 2 is 0.764 bits per heavy atom. The first-order chi connectivity index (χ1) is 27.2. The Morgan fingerprint density at radius 1 is 0.436 bits per heavy atom. The lowest BCUT2D eigenvalue weighted by Gasteiger charge is -2.19. The van der Waals surface area contributed by atoms with Gasteiger partial charge in [-0.15, -0.1) is 0 Å². The standard InChI is InChI=1S/C51H95NO3/c1-3-5-7-9-11-13-15-17-19-21-23-25-26-27-29-31-33-35-37-39-41-43-45-47-51(55)52-49(48-53)50(54)46-44-42-40-38-36-34-32-30-28-24-22-20-18-16-14-12-10-8-6-4-2/h23,25,27,29,36,38,44,46,49-50,53-54H,3-22,24,26,28,30-35,37,39-43,45,47-48H2,1-2H3,(H,52,55)/b25-23-,29-27-,38-36+,46-44+. The van der Waals surface area contributed by atoms with Crippen LogP contribution in [0.2, 0.25) is 0 Å². The van der Waals surface area contributed by atoms with E-state index in [1.54, 1.807) is 6.08 Å². The highest BCUT2D eigenvalue weighted by Crippen LogP contribution is 2.15. The van der Waals surface area contributed by atoms with Crippen LogP contribution in [-0.2, 0) is 4.79 Å². The van der Waals surface area contributed by atoms with Gasteiger partial charge in [0.2, 0.25) is 5.91 Å². The summed E-state index contributed by atoms with van der Waals surface area (Å²) in [5.41, 5.74) is 0. The van der Waals surface area contributed by atoms with Gasteiger partial charge < -0.3 is 15.5 Å². The van der Waals surface area contributed by atoms with Gasteiger partial charge in [0.1, 0.15) is 0 Å². The smallest absolute Gasteiger partial charge is 0.220 e. The molecule has 2 unspecified atom stereocenters. The van der Waals surface area contributed by atoms with E-state index in [9.17, 15) is 15.0 Å². The number of unbranched alkanes of at least 4 members (excludes halogenated alkanes) is 31. The number of amides is 1. The zero-order chi connectivity index (χ0) is 40.0. The van der Waals surface area contributed by atoms with E-state index in [1.807, 2.05) is 6.08 Å². The van der Waals surface area contributed by atoms with Crippen molar-refractivity contribution in [2.75, 3.05) is 6.61 Å². The Hall–Kier alpha value is -1.65. The van der Waals surface area contributed by atoms with Crippen LogP contribution in [0, 0.1) is 0 Å². The average Bonchev–Trinajstić information content (AvgIpc) is 3.19. The summed E-state index contributed by atoms with van der Waals surface area (Å²) in [5.74, 6) is -0.0805. The first-order valence-corrected chi connectivity index (χ1v) is 24.4. The summed E-state index contributed by atoms with van der Waals surface area (Å²) in [6.45, 7) is 4.31. The maximum absolute atomic E-state index is 12.4. The first kappa shape index (κ1) is 53.4. The molecule has 0 aliphatic heterocycles. The van der Waals surface area contributed by atoms with E-state index in [-0.39, 0.29) is 12.5 Å². The fourth-order valence-electron chi connectivity index (χ4n) is 7.28. The van der Waals surface area contributed by atoms with Crippen LogP contribution in [-0.4, -0.2) is 34.9 Å². The van der Waals surface area contributed by atoms with Crippen molar-refractivity contribution in [3.63, 3.8) is 0 Å². The molecule has 2 atom stereocenters. The van der Waals surface area contributed by atoms with Gasteiger partial charge >= 0.3 is 0 Å². The molecule has 0 aliphatic carbocycles. The van der Waals surface area contributed by atoms with E-state index in [0.717, 1.165) is 44.9 Å². The molecule has 4 heteroatoms. The van der Waals surface area contributed by atoms with Crippen molar-refractivity contribution in [3.05, 3.63) is 48.6 Å². The predicted octanol–water partition coefficient (Wildman–Crippen LogP) is 15.5. The molecule has 0 aromatic heterocycles. The zero-order valence-electron chi connectivity index (χ0n) is 36.9. The topological polar surface area (TPSA) is 69.6 Å². The third-order valence-electron chi connectivity index (χ3n) is 11.0. The number of nitrogens with one attached hydrogen (secondary N) is 1. The van der Waals surface area contributed by atoms with Crippen LogP contribution in [0.4, 0.5) is 0 Å². The summed E-state index contributed by atoms with van der Waals surface area (Å²) in [7, 11) is 0. The van der Waals surface area contributed by atoms with Crippen LogP contribution < -0.4 is 5.32 Å². The average molecular weight is 770 g/mol. The van der Waals surface area contributed by atoms with E-state index in [1.165, 1.54) is 186 Å². The quantitative estimate of drug-likeness (QED) is 0.0427. The van der Waals surface area contributed by atoms with E-state index >= 15 is 0 Å². The maximum atomic E-state index is 12.4. The minimum atomic E-state index is -0.867. The molecule has 0 aromatic carbocycles. The van der Waals surface area contributed by atoms with E-state index in [4.69, 9.17) is 0 Å². The molecule has 0 saturated heterocycles. The minimum absolute atomic E-state index is 0.0805. The Morgan fingerprint density at radius 3 is 1.16 bits per heavy atom. The molecule has 1 amide bonds. The highest BCUT2D eigenvalue weighted by atomic mass is 16.3. The van der Waals surface area contributed by atoms with Crippen LogP contribution in [0.25, 0.3) is 0 Å². The zero-order valence-corrected chi connectivity index (χ0v) is 36.9. The van der Waals surface area contributed by atoms with Crippen LogP contribution in [0.1, 0.15) is 251 Å². The van der Waals surface area contributed by atoms with Gasteiger partial charge in [-0.05, 0) is 64.2 Å². The van der Waals surface area contributed by atoms with Crippen molar-refractivity contribution in [2.24, 2.45) is 0 Å². The Kier molecular flexibility index (Phi) is 45.3. The van der Waals surface area contributed by atoms with Gasteiger partial charge in [0.25, 0.3) is 0 Å². The van der Waals surface area contributed by atoms with Crippen LogP contribution in [0.15, 0.2) is 48.6 Å². The van der Waals surface area contributed by atoms with Crippen molar-refractivity contribution in [1.82, 2.24) is 5.32 Å². The van der Waals surface area contributed by atoms with Gasteiger partial charge in [-0.1, -0.05) is 229 Å². The number of rotatable bonds is 44. The van der Waals surface area contributed by atoms with Gasteiger partial charge in [-0.2, -0.15) is 0 Å². The molecule has 0 radical (unpaired) electrons. The second kappa shape index (κ2) is 46.7. The van der Waals surface area contributed by atoms with E-state index in [2.05, 4.69) is 55.6 Å². The van der Waals surface area contributed by atoms with Crippen LogP contribution in [0.3, 0.4) is 0 Å². The van der Waals surface area contributed by atoms with Crippen LogP contribution in [0.5, 0.6) is 0 Å². The van der Waals surface area contributed by atoms with E-state index in [0.29, 0.717) is 6.42 Å². The molecule has 0 bridgehead atoms. The van der Waals surface area contributed by atoms with Crippen molar-refractivity contribution in [1.29, 1.82) is 0 Å². The summed E-state index contributed by atoms with van der Waals surface area (Å²) < 4.78 is 0.